The van der Waals surface area contributed by atoms with Crippen molar-refractivity contribution in [2.75, 3.05) is 60.7 Å². The van der Waals surface area contributed by atoms with Crippen LogP contribution in [0.15, 0.2) is 258 Å². The van der Waals surface area contributed by atoms with Crippen molar-refractivity contribution < 1.29 is 110 Å². The minimum atomic E-state index is -6.99. The van der Waals surface area contributed by atoms with Crippen LogP contribution in [0.3, 0.4) is 0 Å². The number of sulfonamides is 1. The summed E-state index contributed by atoms with van der Waals surface area (Å²) in [5, 5.41) is 19.5. The number of aromatic nitrogens is 4. The summed E-state index contributed by atoms with van der Waals surface area (Å²) in [6, 6.07) is 66.3. The van der Waals surface area contributed by atoms with Gasteiger partial charge in [-0.2, -0.15) is 39.1 Å². The first-order chi connectivity index (χ1) is 51.2. The molecular formula is C77H82F6IN6O13S5+. The first-order valence-electron chi connectivity index (χ1n) is 33.4. The highest BCUT2D eigenvalue weighted by Crippen LogP contribution is 2.51. The highest BCUT2D eigenvalue weighted by atomic mass is 127. The van der Waals surface area contributed by atoms with E-state index in [9.17, 15) is 82.5 Å². The summed E-state index contributed by atoms with van der Waals surface area (Å²) in [4.78, 5) is 71.9. The average Bonchev–Trinajstić information content (AvgIpc) is 0.763. The van der Waals surface area contributed by atoms with Crippen LogP contribution in [0.5, 0.6) is 0 Å². The minimum absolute atomic E-state index is 0.00231. The van der Waals surface area contributed by atoms with E-state index in [2.05, 4.69) is 184 Å². The number of pyridine rings is 2. The number of carbonyl (C=O) groups excluding carboxylic acids is 5. The summed E-state index contributed by atoms with van der Waals surface area (Å²) >= 11 is 2.06. The zero-order valence-corrected chi connectivity index (χ0v) is 65.4. The Morgan fingerprint density at radius 1 is 0.491 bits per heavy atom. The summed E-state index contributed by atoms with van der Waals surface area (Å²) in [5.74, 6) is -3.20. The number of aromatic carboxylic acids is 3. The van der Waals surface area contributed by atoms with Gasteiger partial charge in [0.15, 0.2) is 29.8 Å². The van der Waals surface area contributed by atoms with Crippen LogP contribution >= 0.6 is 0 Å². The first kappa shape index (κ1) is 90.2. The van der Waals surface area contributed by atoms with E-state index in [0.29, 0.717) is 38.8 Å². The van der Waals surface area contributed by atoms with E-state index in [1.165, 1.54) is 135 Å². The summed E-state index contributed by atoms with van der Waals surface area (Å²) in [6.07, 6.45) is 15.6. The number of rotatable bonds is 19. The Morgan fingerprint density at radius 2 is 0.824 bits per heavy atom. The Balaban J connectivity index is 0.000000226. The molecule has 12 rings (SSSR count). The van der Waals surface area contributed by atoms with Crippen LogP contribution in [0.25, 0.3) is 0 Å². The van der Waals surface area contributed by atoms with E-state index in [1.807, 2.05) is 60.7 Å². The number of alkyl halides is 6. The maximum absolute atomic E-state index is 13.5. The lowest BCUT2D eigenvalue weighted by atomic mass is 9.82. The fraction of sp³-hybridized carbons (Fsp3) is 0.286. The average molecular weight is 1700 g/mol. The summed E-state index contributed by atoms with van der Waals surface area (Å²) in [5.41, 5.74) is 3.75. The van der Waals surface area contributed by atoms with Gasteiger partial charge in [-0.15, -0.1) is 0 Å². The monoisotopic (exact) mass is 1700 g/mol. The molecule has 0 bridgehead atoms. The number of hydrogen-bond donors (Lipinski definition) is 2. The van der Waals surface area contributed by atoms with E-state index in [0.717, 1.165) is 22.6 Å². The Kier molecular flexibility index (Phi) is 37.5. The van der Waals surface area contributed by atoms with Crippen LogP contribution in [-0.2, 0) is 58.2 Å². The zero-order chi connectivity index (χ0) is 79.4. The molecule has 9 aromatic rings. The van der Waals surface area contributed by atoms with E-state index in [1.54, 1.807) is 12.1 Å². The number of hydrogen-bond acceptors (Lipinski definition) is 17. The van der Waals surface area contributed by atoms with Crippen LogP contribution in [0, 0.1) is 3.57 Å². The summed E-state index contributed by atoms with van der Waals surface area (Å²) in [7, 11) is -12.5. The molecule has 108 heavy (non-hydrogen) atoms. The molecular weight excluding hydrogens is 1620 g/mol. The van der Waals surface area contributed by atoms with Crippen LogP contribution in [0.4, 0.5) is 26.3 Å². The van der Waals surface area contributed by atoms with Gasteiger partial charge in [0.05, 0.1) is 28.8 Å². The number of halogens is 7. The van der Waals surface area contributed by atoms with Crippen molar-refractivity contribution in [2.24, 2.45) is 0 Å². The molecule has 3 aromatic heterocycles. The number of carboxylic acids is 3. The normalized spacial score (nSPS) is 13.9. The molecule has 6 heterocycles. The fourth-order valence-corrected chi connectivity index (χ4v) is 18.6. The standard InChI is InChI=1S/C18H15S.2C12H15OS.C11H16I.C7H10F6N2O5S2.2C6H5NO2.C5H4N2O2/c1-4-10-16(11-5-1)19(17-12-6-2-7-13-17)18-14-8-3-9-15-18;2*13-12(10-14-8-4-5-9-14)11-6-2-1-3-7-11;1-4-11(2,3)9-5-7-10(12)8-6-9;8-5(9,7(12,13)22(18,19)20)6(10,11)21(16,17)15-3-1-14-2-4-15;2*8-6(9)5-2-1-3-7-4-5;8-5(9)4-1-6-3-7-2-4/h1-15H;2*1-3,6-7H,4-5,8-10H2;5-8,12H,4H2,1-3H3;14H,1-4H2,(H,18,19,20);2*1-4H,(H,8,9);1-3H,(H,8,9)/q4*+1;;;;/p-3. The van der Waals surface area contributed by atoms with E-state index in [4.69, 9.17) is 4.55 Å². The Morgan fingerprint density at radius 3 is 1.12 bits per heavy atom. The van der Waals surface area contributed by atoms with Gasteiger partial charge in [-0.25, -0.2) is 18.4 Å². The van der Waals surface area contributed by atoms with Crippen LogP contribution < -0.4 is 43.2 Å². The fourth-order valence-electron chi connectivity index (χ4n) is 9.60. The number of nitrogens with one attached hydrogen (secondary N) is 1. The molecule has 31 heteroatoms. The predicted molar refractivity (Wildman–Crippen MR) is 399 cm³/mol. The van der Waals surface area contributed by atoms with Crippen molar-refractivity contribution in [3.05, 3.63) is 281 Å². The second-order valence-corrected chi connectivity index (χ2v) is 35.5. The second kappa shape index (κ2) is 44.9. The molecule has 3 fully saturated rings. The van der Waals surface area contributed by atoms with Gasteiger partial charge in [0.1, 0.15) is 29.3 Å². The number of Topliss-reactive ketones (excluding diaryl/α,β-unsaturated/α-hetero) is 2. The van der Waals surface area contributed by atoms with Crippen molar-refractivity contribution in [1.82, 2.24) is 29.6 Å². The molecule has 0 atom stereocenters. The molecule has 0 radical (unpaired) electrons. The first-order valence-corrected chi connectivity index (χ1v) is 42.1. The second-order valence-electron chi connectivity index (χ2n) is 24.0. The Bertz CT molecular complexity index is 4140. The van der Waals surface area contributed by atoms with Gasteiger partial charge in [-0.3, -0.25) is 24.1 Å². The minimum Gasteiger partial charge on any atom is -0.545 e. The van der Waals surface area contributed by atoms with Gasteiger partial charge in [0.2, 0.25) is 11.6 Å². The third-order valence-corrected chi connectivity index (χ3v) is 26.6. The Hall–Kier alpha value is -8.41. The zero-order valence-electron chi connectivity index (χ0n) is 59.0. The number of ketones is 2. The molecule has 0 spiro atoms. The van der Waals surface area contributed by atoms with Crippen molar-refractivity contribution in [3.63, 3.8) is 0 Å². The molecule has 0 saturated carbocycles. The van der Waals surface area contributed by atoms with E-state index >= 15 is 0 Å². The third kappa shape index (κ3) is 28.5. The lowest BCUT2D eigenvalue weighted by Crippen LogP contribution is -3.34. The molecule has 3 aliphatic rings. The number of piperazine rings is 1. The lowest BCUT2D eigenvalue weighted by Gasteiger charge is -2.35. The summed E-state index contributed by atoms with van der Waals surface area (Å²) in [6.45, 7) is 5.01. The largest absolute Gasteiger partial charge is 0.545 e. The molecule has 576 valence electrons. The smallest absolute Gasteiger partial charge is 0.439 e. The highest BCUT2D eigenvalue weighted by Gasteiger charge is 2.82. The number of carbonyl (C=O) groups is 5. The molecule has 2 N–H and O–H groups in total. The maximum Gasteiger partial charge on any atom is 0.439 e. The molecule has 3 aliphatic heterocycles. The maximum atomic E-state index is 13.5. The Labute approximate surface area is 647 Å². The van der Waals surface area contributed by atoms with Crippen LogP contribution in [0.1, 0.15) is 110 Å². The van der Waals surface area contributed by atoms with E-state index in [-0.39, 0.29) is 45.0 Å². The van der Waals surface area contributed by atoms with Crippen molar-refractivity contribution in [1.29, 1.82) is 0 Å². The quantitative estimate of drug-likeness (QED) is 0.0275. The van der Waals surface area contributed by atoms with Crippen molar-refractivity contribution in [2.45, 2.75) is 89.4 Å². The van der Waals surface area contributed by atoms with E-state index < -0.39 is 67.6 Å². The molecule has 3 saturated heterocycles. The predicted octanol–water partition coefficient (Wildman–Crippen LogP) is 6.83. The van der Waals surface area contributed by atoms with Gasteiger partial charge < -0.3 is 35.0 Å². The summed E-state index contributed by atoms with van der Waals surface area (Å²) < 4.78 is 132. The molecule has 0 aliphatic carbocycles. The number of benzene rings is 6. The van der Waals surface area contributed by atoms with Gasteiger partial charge in [0, 0.05) is 91.2 Å². The van der Waals surface area contributed by atoms with Gasteiger partial charge >= 0.3 is 26.5 Å². The SMILES string of the molecule is CCC(C)(C)c1ccc([IH+])cc1.O=C(C[S+]1CCCC1)c1ccccc1.O=C(C[S+]1CCCC1)c1ccccc1.O=C([O-])c1cccnc1.O=C([O-])c1cccnc1.O=C([O-])c1cncnc1.O=S(=O)(O)C(F)(F)C(F)(F)C(F)(F)S(=O)(=O)N1CCNCC1.c1ccc([S+](c2ccccc2)c2ccccc2)cc1. The lowest BCUT2D eigenvalue weighted by molar-refractivity contribution is -0.328. The van der Waals surface area contributed by atoms with Gasteiger partial charge in [-0.1, -0.05) is 160 Å². The van der Waals surface area contributed by atoms with Gasteiger partial charge in [-0.05, 0) is 126 Å². The van der Waals surface area contributed by atoms with Crippen molar-refractivity contribution in [3.8, 4) is 0 Å². The number of nitrogens with zero attached hydrogens (tertiary/aromatic N) is 5. The molecule has 6 aromatic carbocycles. The van der Waals surface area contributed by atoms with Gasteiger partial charge in [0.25, 0.3) is 32.6 Å². The molecule has 0 amide bonds. The third-order valence-electron chi connectivity index (χ3n) is 15.9. The van der Waals surface area contributed by atoms with Crippen LogP contribution in [0.2, 0.25) is 0 Å². The number of carboxylic acid groups (broad SMARTS) is 3. The molecule has 0 unspecified atom stereocenters. The van der Waals surface area contributed by atoms with Crippen LogP contribution in [-0.4, -0.2) is 152 Å². The molecule has 19 nitrogen and oxygen atoms in total. The topological polar surface area (TPSA) is 310 Å². The highest BCUT2D eigenvalue weighted by molar-refractivity contribution is 7.98. The van der Waals surface area contributed by atoms with Crippen molar-refractivity contribution >= 4 is 82.3 Å².